The largest absolute Gasteiger partial charge is 0.496 e. The minimum absolute atomic E-state index is 0.0614. The summed E-state index contributed by atoms with van der Waals surface area (Å²) >= 11 is 5.80. The predicted molar refractivity (Wildman–Crippen MR) is 165 cm³/mol. The van der Waals surface area contributed by atoms with E-state index in [9.17, 15) is 14.9 Å². The van der Waals surface area contributed by atoms with Crippen molar-refractivity contribution in [2.75, 3.05) is 19.0 Å². The number of aryl methyl sites for hydroxylation is 2. The number of nitro benzene ring substituents is 1. The highest BCUT2D eigenvalue weighted by atomic mass is 32.1. The third-order valence-electron chi connectivity index (χ3n) is 7.49. The minimum atomic E-state index is -0.404. The molecular weight excluding hydrogens is 552 g/mol. The topological polar surface area (TPSA) is 115 Å². The van der Waals surface area contributed by atoms with Crippen LogP contribution in [0.4, 0.5) is 11.4 Å². The van der Waals surface area contributed by atoms with Crippen molar-refractivity contribution in [2.24, 2.45) is 0 Å². The van der Waals surface area contributed by atoms with Crippen LogP contribution in [-0.2, 0) is 4.79 Å². The molecule has 0 radical (unpaired) electrons. The van der Waals surface area contributed by atoms with Gasteiger partial charge < -0.3 is 24.8 Å². The third-order valence-corrected chi connectivity index (χ3v) is 7.84. The highest BCUT2D eigenvalue weighted by molar-refractivity contribution is 7.80. The quantitative estimate of drug-likeness (QED) is 0.146. The summed E-state index contributed by atoms with van der Waals surface area (Å²) in [5.74, 6) is 0.284. The van der Waals surface area contributed by atoms with E-state index in [4.69, 9.17) is 17.0 Å². The molecule has 2 N–H and O–H groups in total. The summed E-state index contributed by atoms with van der Waals surface area (Å²) in [6.07, 6.45) is 1.95. The summed E-state index contributed by atoms with van der Waals surface area (Å²) in [4.78, 5) is 31.2. The molecule has 3 heterocycles. The molecule has 4 aromatic rings. The fourth-order valence-electron chi connectivity index (χ4n) is 5.58. The first-order valence-electron chi connectivity index (χ1n) is 13.5. The molecule has 11 heteroatoms. The lowest BCUT2D eigenvalue weighted by Gasteiger charge is -2.28. The molecule has 2 aromatic heterocycles. The van der Waals surface area contributed by atoms with Gasteiger partial charge in [-0.2, -0.15) is 0 Å². The molecule has 0 unspecified atom stereocenters. The van der Waals surface area contributed by atoms with E-state index < -0.39 is 4.92 Å². The Labute approximate surface area is 249 Å². The van der Waals surface area contributed by atoms with Gasteiger partial charge in [0.2, 0.25) is 5.91 Å². The molecule has 2 atom stereocenters. The molecule has 1 amide bonds. The number of carbonyl (C=O) groups excluding carboxylic acids is 1. The van der Waals surface area contributed by atoms with Crippen LogP contribution in [0.15, 0.2) is 72.9 Å². The number of nitrogens with one attached hydrogen (secondary N) is 2. The Kier molecular flexibility index (Phi) is 8.21. The average Bonchev–Trinajstić information content (AvgIpc) is 3.45. The Bertz CT molecular complexity index is 1650. The number of nitro groups is 1. The number of hydrogen-bond acceptors (Lipinski definition) is 6. The van der Waals surface area contributed by atoms with E-state index in [2.05, 4.69) is 15.6 Å². The van der Waals surface area contributed by atoms with Gasteiger partial charge in [0.05, 0.1) is 35.9 Å². The number of methoxy groups -OCH3 is 1. The van der Waals surface area contributed by atoms with Gasteiger partial charge in [0.1, 0.15) is 11.4 Å². The first-order chi connectivity index (χ1) is 20.2. The molecule has 5 rings (SSSR count). The van der Waals surface area contributed by atoms with Crippen LogP contribution in [0.1, 0.15) is 46.7 Å². The van der Waals surface area contributed by atoms with Gasteiger partial charge >= 0.3 is 0 Å². The summed E-state index contributed by atoms with van der Waals surface area (Å²) in [6, 6.07) is 19.6. The molecule has 1 aliphatic rings. The molecule has 1 fully saturated rings. The molecule has 0 saturated carbocycles. The zero-order valence-corrected chi connectivity index (χ0v) is 24.6. The van der Waals surface area contributed by atoms with E-state index in [1.165, 1.54) is 13.2 Å². The summed E-state index contributed by atoms with van der Waals surface area (Å²) in [5, 5.41) is 18.9. The fraction of sp³-hybridized carbons (Fsp3) is 0.258. The number of rotatable bonds is 9. The van der Waals surface area contributed by atoms with Gasteiger partial charge in [-0.3, -0.25) is 19.9 Å². The van der Waals surface area contributed by atoms with E-state index in [1.54, 1.807) is 18.3 Å². The fourth-order valence-corrected chi connectivity index (χ4v) is 5.91. The van der Waals surface area contributed by atoms with Gasteiger partial charge in [0.15, 0.2) is 5.11 Å². The molecule has 42 heavy (non-hydrogen) atoms. The lowest BCUT2D eigenvalue weighted by Crippen LogP contribution is -2.32. The summed E-state index contributed by atoms with van der Waals surface area (Å²) in [5.41, 5.74) is 5.57. The number of hydrogen-bond donors (Lipinski definition) is 2. The van der Waals surface area contributed by atoms with Crippen LogP contribution in [0.5, 0.6) is 5.75 Å². The first kappa shape index (κ1) is 28.7. The molecule has 0 spiro atoms. The zero-order chi connectivity index (χ0) is 30.0. The molecule has 1 aliphatic heterocycles. The zero-order valence-electron chi connectivity index (χ0n) is 23.8. The van der Waals surface area contributed by atoms with Gasteiger partial charge in [-0.1, -0.05) is 18.2 Å². The Morgan fingerprint density at radius 1 is 1.12 bits per heavy atom. The molecule has 0 aliphatic carbocycles. The van der Waals surface area contributed by atoms with Gasteiger partial charge in [0.25, 0.3) is 5.69 Å². The Hall–Kier alpha value is -4.77. The lowest BCUT2D eigenvalue weighted by molar-refractivity contribution is -0.384. The smallest absolute Gasteiger partial charge is 0.296 e. The Balaban J connectivity index is 1.52. The van der Waals surface area contributed by atoms with Crippen LogP contribution in [-0.4, -0.2) is 44.0 Å². The molecular formula is C31H32N6O4S. The summed E-state index contributed by atoms with van der Waals surface area (Å²) in [6.45, 7) is 6.20. The summed E-state index contributed by atoms with van der Waals surface area (Å²) < 4.78 is 7.12. The number of ether oxygens (including phenoxy) is 1. The van der Waals surface area contributed by atoms with Crippen LogP contribution in [0.25, 0.3) is 5.69 Å². The lowest BCUT2D eigenvalue weighted by atomic mass is 9.96. The second kappa shape index (κ2) is 12.0. The Morgan fingerprint density at radius 3 is 2.62 bits per heavy atom. The maximum atomic E-state index is 13.0. The van der Waals surface area contributed by atoms with Crippen molar-refractivity contribution < 1.29 is 14.5 Å². The van der Waals surface area contributed by atoms with Crippen LogP contribution in [0.2, 0.25) is 0 Å². The van der Waals surface area contributed by atoms with E-state index in [0.29, 0.717) is 23.1 Å². The SMILES string of the molecule is COc1ccc(-n2c(C)cc([C@@H]3[C@H](c4ccccn4)NC(=S)N3CCC(=O)Nc3cccc(C)c3)c2C)c([N+](=O)[O-])c1. The summed E-state index contributed by atoms with van der Waals surface area (Å²) in [7, 11) is 1.48. The first-order valence-corrected chi connectivity index (χ1v) is 13.9. The van der Waals surface area contributed by atoms with Crippen LogP contribution < -0.4 is 15.4 Å². The number of thiocarbonyl (C=S) groups is 1. The van der Waals surface area contributed by atoms with Gasteiger partial charge in [-0.15, -0.1) is 0 Å². The molecule has 10 nitrogen and oxygen atoms in total. The monoisotopic (exact) mass is 584 g/mol. The maximum absolute atomic E-state index is 13.0. The van der Waals surface area contributed by atoms with Crippen molar-refractivity contribution in [1.82, 2.24) is 19.8 Å². The van der Waals surface area contributed by atoms with Crippen LogP contribution >= 0.6 is 12.2 Å². The third kappa shape index (κ3) is 5.68. The normalized spacial score (nSPS) is 16.3. The van der Waals surface area contributed by atoms with E-state index in [1.807, 2.05) is 78.8 Å². The number of pyridine rings is 1. The number of nitrogens with zero attached hydrogens (tertiary/aromatic N) is 4. The van der Waals surface area contributed by atoms with Crippen molar-refractivity contribution in [3.8, 4) is 11.4 Å². The minimum Gasteiger partial charge on any atom is -0.496 e. The number of carbonyl (C=O) groups is 1. The Morgan fingerprint density at radius 2 is 1.93 bits per heavy atom. The van der Waals surface area contributed by atoms with Gasteiger partial charge in [-0.25, -0.2) is 0 Å². The van der Waals surface area contributed by atoms with Crippen molar-refractivity contribution >= 4 is 34.6 Å². The standard InChI is InChI=1S/C31H32N6O4S/c1-19-8-7-9-22(16-19)33-28(38)13-15-35-30(29(34-31(35)42)25-10-5-6-14-32-25)24-17-20(2)36(21(24)3)26-12-11-23(41-4)18-27(26)37(39)40/h5-12,14,16-18,29-30H,13,15H2,1-4H3,(H,33,38)(H,34,42)/t29-,30+/m0/s1. The molecule has 0 bridgehead atoms. The number of aromatic nitrogens is 2. The van der Waals surface area contributed by atoms with Crippen molar-refractivity contribution in [1.29, 1.82) is 0 Å². The number of benzene rings is 2. The average molecular weight is 585 g/mol. The second-order valence-corrected chi connectivity index (χ2v) is 10.6. The second-order valence-electron chi connectivity index (χ2n) is 10.3. The predicted octanol–water partition coefficient (Wildman–Crippen LogP) is 5.72. The van der Waals surface area contributed by atoms with Crippen molar-refractivity contribution in [3.63, 3.8) is 0 Å². The van der Waals surface area contributed by atoms with Crippen LogP contribution in [0.3, 0.4) is 0 Å². The van der Waals surface area contributed by atoms with Crippen LogP contribution in [0, 0.1) is 30.9 Å². The highest BCUT2D eigenvalue weighted by Gasteiger charge is 2.41. The van der Waals surface area contributed by atoms with Crippen molar-refractivity contribution in [2.45, 2.75) is 39.3 Å². The molecule has 1 saturated heterocycles. The van der Waals surface area contributed by atoms with Crippen molar-refractivity contribution in [3.05, 3.63) is 111 Å². The molecule has 216 valence electrons. The maximum Gasteiger partial charge on any atom is 0.296 e. The highest BCUT2D eigenvalue weighted by Crippen LogP contribution is 2.42. The molecule has 2 aromatic carbocycles. The number of amides is 1. The van der Waals surface area contributed by atoms with E-state index >= 15 is 0 Å². The van der Waals surface area contributed by atoms with E-state index in [0.717, 1.165) is 33.9 Å². The van der Waals surface area contributed by atoms with E-state index in [-0.39, 0.29) is 30.1 Å². The van der Waals surface area contributed by atoms with Gasteiger partial charge in [0, 0.05) is 36.2 Å². The number of anilines is 1. The van der Waals surface area contributed by atoms with Gasteiger partial charge in [-0.05, 0) is 86.6 Å².